The molecule has 0 aliphatic carbocycles. The van der Waals surface area contributed by atoms with Gasteiger partial charge in [0, 0.05) is 42.4 Å². The number of aryl methyl sites for hydroxylation is 4. The third kappa shape index (κ3) is 8.12. The van der Waals surface area contributed by atoms with E-state index < -0.39 is 5.41 Å². The van der Waals surface area contributed by atoms with Crippen molar-refractivity contribution >= 4 is 16.7 Å². The zero-order valence-electron chi connectivity index (χ0n) is 23.1. The number of pyridine rings is 1. The fourth-order valence-corrected chi connectivity index (χ4v) is 3.45. The van der Waals surface area contributed by atoms with Crippen LogP contribution in [-0.2, 0) is 24.9 Å². The Balaban J connectivity index is 0.000000383. The first-order valence-corrected chi connectivity index (χ1v) is 11.8. The minimum absolute atomic E-state index is 0. The Morgan fingerprint density at radius 3 is 2.00 bits per heavy atom. The van der Waals surface area contributed by atoms with Crippen LogP contribution in [0.4, 0.5) is 0 Å². The van der Waals surface area contributed by atoms with E-state index >= 15 is 0 Å². The Kier molecular flexibility index (Phi) is 10.2. The van der Waals surface area contributed by atoms with E-state index in [2.05, 4.69) is 71.0 Å². The van der Waals surface area contributed by atoms with E-state index in [4.69, 9.17) is 4.98 Å². The van der Waals surface area contributed by atoms with Gasteiger partial charge in [-0.05, 0) is 49.2 Å². The van der Waals surface area contributed by atoms with E-state index in [0.717, 1.165) is 22.3 Å². The predicted octanol–water partition coefficient (Wildman–Crippen LogP) is 8.33. The number of carbonyl (C=O) groups excluding carboxylic acids is 1. The van der Waals surface area contributed by atoms with Crippen LogP contribution in [-0.4, -0.2) is 15.9 Å². The minimum Gasteiger partial charge on any atom is -0.512 e. The van der Waals surface area contributed by atoms with Gasteiger partial charge in [-0.1, -0.05) is 67.5 Å². The average molecular weight is 651 g/mol. The van der Waals surface area contributed by atoms with Crippen molar-refractivity contribution in [2.75, 3.05) is 0 Å². The van der Waals surface area contributed by atoms with Gasteiger partial charge in [-0.2, -0.15) is 0 Å². The van der Waals surface area contributed by atoms with Crippen molar-refractivity contribution in [2.24, 2.45) is 10.8 Å². The number of fused-ring (bicyclic) bond motifs is 1. The molecule has 3 aromatic rings. The van der Waals surface area contributed by atoms with E-state index in [1.54, 1.807) is 0 Å². The number of benzene rings is 2. The molecule has 0 bridgehead atoms. The second-order valence-electron chi connectivity index (χ2n) is 11.4. The normalized spacial score (nSPS) is 12.0. The standard InChI is InChI=1S/C20H20N.C11H20O2.Ir/c1-12-8-13(2)10-17(9-12)19-7-6-18-16(5)15(4)14(3)11-20(18)21-19;1-10(2,3)8(12)7-9(13)11(4,5)6;/h6-9,11H,1-5H3;7,12H,1-6H3;/q-1;;/b;8-7-;. The van der Waals surface area contributed by atoms with Gasteiger partial charge < -0.3 is 5.11 Å². The molecule has 3 nitrogen and oxygen atoms in total. The molecule has 0 spiro atoms. The molecular weight excluding hydrogens is 611 g/mol. The summed E-state index contributed by atoms with van der Waals surface area (Å²) in [6, 6.07) is 14.2. The van der Waals surface area contributed by atoms with Crippen LogP contribution in [0.5, 0.6) is 0 Å². The van der Waals surface area contributed by atoms with Crippen molar-refractivity contribution in [1.29, 1.82) is 0 Å². The second-order valence-corrected chi connectivity index (χ2v) is 11.4. The van der Waals surface area contributed by atoms with Crippen LogP contribution in [0.25, 0.3) is 22.2 Å². The average Bonchev–Trinajstić information content (AvgIpc) is 2.70. The Morgan fingerprint density at radius 1 is 0.886 bits per heavy atom. The largest absolute Gasteiger partial charge is 0.512 e. The molecule has 35 heavy (non-hydrogen) atoms. The Bertz CT molecular complexity index is 1220. The van der Waals surface area contributed by atoms with Gasteiger partial charge in [-0.15, -0.1) is 34.9 Å². The second kappa shape index (κ2) is 11.6. The number of aliphatic hydroxyl groups is 1. The van der Waals surface area contributed by atoms with Gasteiger partial charge in [0.15, 0.2) is 5.78 Å². The first-order valence-electron chi connectivity index (χ1n) is 11.8. The van der Waals surface area contributed by atoms with Crippen molar-refractivity contribution in [1.82, 2.24) is 4.98 Å². The zero-order valence-corrected chi connectivity index (χ0v) is 25.5. The van der Waals surface area contributed by atoms with Crippen LogP contribution >= 0.6 is 0 Å². The van der Waals surface area contributed by atoms with Crippen LogP contribution in [0.3, 0.4) is 0 Å². The minimum atomic E-state index is -0.417. The summed E-state index contributed by atoms with van der Waals surface area (Å²) in [5.41, 5.74) is 8.77. The molecule has 0 atom stereocenters. The van der Waals surface area contributed by atoms with Gasteiger partial charge in [0.25, 0.3) is 0 Å². The van der Waals surface area contributed by atoms with Gasteiger partial charge in [0.1, 0.15) is 5.76 Å². The maximum Gasteiger partial charge on any atom is 0.164 e. The Labute approximate surface area is 225 Å². The van der Waals surface area contributed by atoms with Gasteiger partial charge in [0.2, 0.25) is 0 Å². The molecule has 0 saturated carbocycles. The summed E-state index contributed by atoms with van der Waals surface area (Å²) in [5, 5.41) is 10.8. The molecule has 0 saturated heterocycles. The molecule has 1 radical (unpaired) electrons. The third-order valence-corrected chi connectivity index (χ3v) is 6.04. The first kappa shape index (κ1) is 30.7. The summed E-state index contributed by atoms with van der Waals surface area (Å²) in [6.07, 6.45) is 1.33. The van der Waals surface area contributed by atoms with Crippen LogP contribution in [0, 0.1) is 51.5 Å². The van der Waals surface area contributed by atoms with Crippen LogP contribution in [0.15, 0.2) is 42.2 Å². The van der Waals surface area contributed by atoms with Crippen molar-refractivity contribution in [2.45, 2.75) is 76.2 Å². The number of hydrogen-bond acceptors (Lipinski definition) is 3. The molecular formula is C31H40IrNO2-. The molecule has 1 N–H and O–H groups in total. The van der Waals surface area contributed by atoms with Crippen molar-refractivity contribution in [3.8, 4) is 11.3 Å². The smallest absolute Gasteiger partial charge is 0.164 e. The first-order chi connectivity index (χ1) is 15.5. The molecule has 4 heteroatoms. The van der Waals surface area contributed by atoms with Crippen LogP contribution in [0.2, 0.25) is 0 Å². The molecule has 3 rings (SSSR count). The molecule has 0 amide bonds. The number of aliphatic hydroxyl groups excluding tert-OH is 1. The Morgan fingerprint density at radius 2 is 1.49 bits per heavy atom. The zero-order chi connectivity index (χ0) is 26.0. The fourth-order valence-electron chi connectivity index (χ4n) is 3.45. The summed E-state index contributed by atoms with van der Waals surface area (Å²) >= 11 is 0. The molecule has 1 heterocycles. The molecule has 191 valence electrons. The van der Waals surface area contributed by atoms with Crippen molar-refractivity contribution < 1.29 is 30.0 Å². The molecule has 0 aliphatic heterocycles. The Hall–Kier alpha value is -2.29. The predicted molar refractivity (Wildman–Crippen MR) is 144 cm³/mol. The summed E-state index contributed by atoms with van der Waals surface area (Å²) in [4.78, 5) is 16.3. The van der Waals surface area contributed by atoms with Crippen LogP contribution < -0.4 is 0 Å². The van der Waals surface area contributed by atoms with E-state index in [1.807, 2.05) is 41.5 Å². The van der Waals surface area contributed by atoms with Gasteiger partial charge in [0.05, 0.1) is 5.52 Å². The molecule has 0 aliphatic rings. The monoisotopic (exact) mass is 651 g/mol. The number of ketones is 1. The summed E-state index contributed by atoms with van der Waals surface area (Å²) < 4.78 is 0. The molecule has 2 aromatic carbocycles. The fraction of sp³-hybridized carbons (Fsp3) is 0.419. The third-order valence-electron chi connectivity index (χ3n) is 6.04. The maximum atomic E-state index is 11.5. The van der Waals surface area contributed by atoms with E-state index in [9.17, 15) is 9.90 Å². The number of carbonyl (C=O) groups is 1. The van der Waals surface area contributed by atoms with E-state index in [-0.39, 0.29) is 37.1 Å². The van der Waals surface area contributed by atoms with E-state index in [0.29, 0.717) is 0 Å². The SMILES string of the molecule is CC(C)(C)C(=O)/C=C(\O)C(C)(C)C.Cc1[c-]c(-c2ccc3c(C)c(C)c(C)cc3n2)cc(C)c1.[Ir]. The van der Waals surface area contributed by atoms with Gasteiger partial charge in [-0.3, -0.25) is 9.78 Å². The number of nitrogens with zero attached hydrogens (tertiary/aromatic N) is 1. The number of rotatable bonds is 2. The van der Waals surface area contributed by atoms with E-state index in [1.165, 1.54) is 33.7 Å². The van der Waals surface area contributed by atoms with Crippen molar-refractivity contribution in [3.05, 3.63) is 76.1 Å². The number of hydrogen-bond donors (Lipinski definition) is 1. The number of allylic oxidation sites excluding steroid dienone is 2. The molecule has 1 aromatic heterocycles. The quantitative estimate of drug-likeness (QED) is 0.172. The van der Waals surface area contributed by atoms with Crippen LogP contribution in [0.1, 0.15) is 69.4 Å². The van der Waals surface area contributed by atoms with Crippen molar-refractivity contribution in [3.63, 3.8) is 0 Å². The van der Waals surface area contributed by atoms with Gasteiger partial charge in [-0.25, -0.2) is 0 Å². The molecule has 0 unspecified atom stereocenters. The van der Waals surface area contributed by atoms with Gasteiger partial charge >= 0.3 is 0 Å². The molecule has 0 fully saturated rings. The topological polar surface area (TPSA) is 50.2 Å². The summed E-state index contributed by atoms with van der Waals surface area (Å²) in [6.45, 7) is 21.8. The summed E-state index contributed by atoms with van der Waals surface area (Å²) in [5.74, 6) is 0.104. The summed E-state index contributed by atoms with van der Waals surface area (Å²) in [7, 11) is 0. The maximum absolute atomic E-state index is 11.5. The number of aromatic nitrogens is 1.